The molecule has 1 aliphatic rings. The van der Waals surface area contributed by atoms with Crippen molar-refractivity contribution in [1.29, 1.82) is 0 Å². The zero-order valence-corrected chi connectivity index (χ0v) is 14.2. The maximum absolute atomic E-state index is 5.42. The Kier molecular flexibility index (Phi) is 5.59. The van der Waals surface area contributed by atoms with E-state index in [9.17, 15) is 0 Å². The van der Waals surface area contributed by atoms with Gasteiger partial charge in [-0.2, -0.15) is 0 Å². The summed E-state index contributed by atoms with van der Waals surface area (Å²) in [6, 6.07) is 10.1. The lowest BCUT2D eigenvalue weighted by atomic mass is 9.72. The first-order valence-corrected chi connectivity index (χ1v) is 8.08. The standard InChI is InChI=1S/C20H27NO/c1-16-9-8-14-20(3,4)19(16)13-12-17(2)21-22-15-18-10-6-5-7-11-18/h5-7,10-13H,8-9,14-15H2,1-4H3/b13-12+,21-17+. The Morgan fingerprint density at radius 1 is 1.27 bits per heavy atom. The summed E-state index contributed by atoms with van der Waals surface area (Å²) in [7, 11) is 0. The average Bonchev–Trinajstić information content (AvgIpc) is 2.47. The summed E-state index contributed by atoms with van der Waals surface area (Å²) >= 11 is 0. The van der Waals surface area contributed by atoms with Gasteiger partial charge >= 0.3 is 0 Å². The predicted molar refractivity (Wildman–Crippen MR) is 93.8 cm³/mol. The molecule has 0 aliphatic heterocycles. The van der Waals surface area contributed by atoms with Crippen LogP contribution in [0.3, 0.4) is 0 Å². The van der Waals surface area contributed by atoms with Crippen LogP contribution in [0.25, 0.3) is 0 Å². The SMILES string of the molecule is CC1=C(/C=C/C(C)=N/OCc2ccccc2)C(C)(C)CCC1. The molecule has 0 amide bonds. The van der Waals surface area contributed by atoms with Gasteiger partial charge in [0.05, 0.1) is 5.71 Å². The highest BCUT2D eigenvalue weighted by molar-refractivity contribution is 5.92. The minimum absolute atomic E-state index is 0.268. The molecule has 1 aliphatic carbocycles. The van der Waals surface area contributed by atoms with E-state index in [1.807, 2.05) is 37.3 Å². The van der Waals surface area contributed by atoms with Crippen molar-refractivity contribution in [2.24, 2.45) is 10.6 Å². The summed E-state index contributed by atoms with van der Waals surface area (Å²) in [6.45, 7) is 9.40. The van der Waals surface area contributed by atoms with Crippen LogP contribution in [0.1, 0.15) is 52.5 Å². The number of rotatable bonds is 5. The van der Waals surface area contributed by atoms with E-state index < -0.39 is 0 Å². The summed E-state index contributed by atoms with van der Waals surface area (Å²) in [4.78, 5) is 5.42. The lowest BCUT2D eigenvalue weighted by Crippen LogP contribution is -2.19. The predicted octanol–water partition coefficient (Wildman–Crippen LogP) is 5.66. The quantitative estimate of drug-likeness (QED) is 0.507. The monoisotopic (exact) mass is 297 g/mol. The van der Waals surface area contributed by atoms with E-state index in [4.69, 9.17) is 4.84 Å². The van der Waals surface area contributed by atoms with Crippen molar-refractivity contribution in [2.45, 2.75) is 53.6 Å². The van der Waals surface area contributed by atoms with Gasteiger partial charge in [0.15, 0.2) is 0 Å². The number of nitrogens with zero attached hydrogens (tertiary/aromatic N) is 1. The average molecular weight is 297 g/mol. The van der Waals surface area contributed by atoms with Crippen LogP contribution in [0.2, 0.25) is 0 Å². The molecule has 1 aromatic carbocycles. The second-order valence-electron chi connectivity index (χ2n) is 6.76. The largest absolute Gasteiger partial charge is 0.391 e. The Bertz CT molecular complexity index is 579. The van der Waals surface area contributed by atoms with E-state index in [0.29, 0.717) is 6.61 Å². The normalized spacial score (nSPS) is 18.8. The molecule has 0 atom stereocenters. The Labute approximate surface area is 134 Å². The van der Waals surface area contributed by atoms with E-state index in [2.05, 4.69) is 38.1 Å². The molecule has 2 rings (SSSR count). The highest BCUT2D eigenvalue weighted by Gasteiger charge is 2.26. The highest BCUT2D eigenvalue weighted by Crippen LogP contribution is 2.40. The fourth-order valence-corrected chi connectivity index (χ4v) is 3.03. The van der Waals surface area contributed by atoms with Crippen molar-refractivity contribution in [3.8, 4) is 0 Å². The van der Waals surface area contributed by atoms with Gasteiger partial charge in [-0.05, 0) is 55.7 Å². The van der Waals surface area contributed by atoms with Crippen LogP contribution in [0.15, 0.2) is 58.8 Å². The molecule has 0 fully saturated rings. The fraction of sp³-hybridized carbons (Fsp3) is 0.450. The van der Waals surface area contributed by atoms with E-state index >= 15 is 0 Å². The van der Waals surface area contributed by atoms with Crippen LogP contribution in [-0.4, -0.2) is 5.71 Å². The van der Waals surface area contributed by atoms with Crippen LogP contribution >= 0.6 is 0 Å². The number of hydrogen-bond donors (Lipinski definition) is 0. The zero-order chi connectivity index (χ0) is 16.0. The number of benzene rings is 1. The fourth-order valence-electron chi connectivity index (χ4n) is 3.03. The molecule has 0 heterocycles. The first kappa shape index (κ1) is 16.5. The van der Waals surface area contributed by atoms with Crippen molar-refractivity contribution >= 4 is 5.71 Å². The maximum atomic E-state index is 5.42. The van der Waals surface area contributed by atoms with Gasteiger partial charge in [0, 0.05) is 0 Å². The van der Waals surface area contributed by atoms with E-state index in [-0.39, 0.29) is 5.41 Å². The minimum Gasteiger partial charge on any atom is -0.391 e. The van der Waals surface area contributed by atoms with E-state index in [0.717, 1.165) is 11.3 Å². The third kappa shape index (κ3) is 4.59. The second kappa shape index (κ2) is 7.44. The molecule has 2 nitrogen and oxygen atoms in total. The van der Waals surface area contributed by atoms with Gasteiger partial charge in [-0.1, -0.05) is 61.0 Å². The molecule has 118 valence electrons. The minimum atomic E-state index is 0.268. The molecular formula is C20H27NO. The third-order valence-corrected chi connectivity index (χ3v) is 4.32. The molecule has 0 radical (unpaired) electrons. The third-order valence-electron chi connectivity index (χ3n) is 4.32. The Hall–Kier alpha value is -1.83. The van der Waals surface area contributed by atoms with E-state index in [1.165, 1.54) is 30.4 Å². The van der Waals surface area contributed by atoms with Crippen LogP contribution in [0.4, 0.5) is 0 Å². The molecule has 0 bridgehead atoms. The van der Waals surface area contributed by atoms with Crippen LogP contribution in [-0.2, 0) is 11.4 Å². The van der Waals surface area contributed by atoms with Crippen LogP contribution < -0.4 is 0 Å². The maximum Gasteiger partial charge on any atom is 0.142 e. The van der Waals surface area contributed by atoms with E-state index in [1.54, 1.807) is 0 Å². The molecule has 0 aromatic heterocycles. The Balaban J connectivity index is 1.95. The molecule has 22 heavy (non-hydrogen) atoms. The molecule has 0 saturated carbocycles. The van der Waals surface area contributed by atoms with Crippen molar-refractivity contribution in [3.05, 3.63) is 59.2 Å². The topological polar surface area (TPSA) is 21.6 Å². The first-order valence-electron chi connectivity index (χ1n) is 8.08. The first-order chi connectivity index (χ1) is 10.5. The van der Waals surface area contributed by atoms with Gasteiger partial charge < -0.3 is 4.84 Å². The lowest BCUT2D eigenvalue weighted by molar-refractivity contribution is 0.130. The Morgan fingerprint density at radius 3 is 2.68 bits per heavy atom. The van der Waals surface area contributed by atoms with Gasteiger partial charge in [0.25, 0.3) is 0 Å². The van der Waals surface area contributed by atoms with Crippen molar-refractivity contribution in [2.75, 3.05) is 0 Å². The van der Waals surface area contributed by atoms with Crippen LogP contribution in [0.5, 0.6) is 0 Å². The molecule has 0 N–H and O–H groups in total. The molecule has 1 aromatic rings. The summed E-state index contributed by atoms with van der Waals surface area (Å²) in [5.74, 6) is 0. The van der Waals surface area contributed by atoms with Gasteiger partial charge in [0.1, 0.15) is 6.61 Å². The van der Waals surface area contributed by atoms with Gasteiger partial charge in [-0.15, -0.1) is 0 Å². The van der Waals surface area contributed by atoms with Gasteiger partial charge in [0.2, 0.25) is 0 Å². The molecular weight excluding hydrogens is 270 g/mol. The number of hydrogen-bond acceptors (Lipinski definition) is 2. The van der Waals surface area contributed by atoms with Crippen LogP contribution in [0, 0.1) is 5.41 Å². The van der Waals surface area contributed by atoms with Gasteiger partial charge in [-0.3, -0.25) is 0 Å². The van der Waals surface area contributed by atoms with Crippen molar-refractivity contribution in [1.82, 2.24) is 0 Å². The summed E-state index contributed by atoms with van der Waals surface area (Å²) in [6.07, 6.45) is 8.05. The number of oxime groups is 1. The smallest absolute Gasteiger partial charge is 0.142 e. The Morgan fingerprint density at radius 2 is 2.00 bits per heavy atom. The van der Waals surface area contributed by atoms with Gasteiger partial charge in [-0.25, -0.2) is 0 Å². The van der Waals surface area contributed by atoms with Crippen molar-refractivity contribution < 1.29 is 4.84 Å². The summed E-state index contributed by atoms with van der Waals surface area (Å²) in [5, 5.41) is 4.18. The number of allylic oxidation sites excluding steroid dienone is 4. The molecule has 2 heteroatoms. The molecule has 0 spiro atoms. The second-order valence-corrected chi connectivity index (χ2v) is 6.76. The zero-order valence-electron chi connectivity index (χ0n) is 14.2. The highest BCUT2D eigenvalue weighted by atomic mass is 16.6. The summed E-state index contributed by atoms with van der Waals surface area (Å²) < 4.78 is 0. The summed E-state index contributed by atoms with van der Waals surface area (Å²) in [5.41, 5.74) is 5.26. The molecule has 0 unspecified atom stereocenters. The van der Waals surface area contributed by atoms with Crippen molar-refractivity contribution in [3.63, 3.8) is 0 Å². The molecule has 0 saturated heterocycles. The lowest BCUT2D eigenvalue weighted by Gasteiger charge is -2.32.